The normalized spacial score (nSPS) is 14.3. The number of ether oxygens (including phenoxy) is 2. The lowest BCUT2D eigenvalue weighted by molar-refractivity contribution is 0.0957. The first-order valence-electron chi connectivity index (χ1n) is 5.70. The molecule has 0 radical (unpaired) electrons. The lowest BCUT2D eigenvalue weighted by Crippen LogP contribution is -2.24. The van der Waals surface area contributed by atoms with Crippen molar-refractivity contribution in [3.8, 4) is 11.5 Å². The second kappa shape index (κ2) is 5.54. The zero-order chi connectivity index (χ0) is 12.1. The Hall–Kier alpha value is -1.75. The number of fused-ring (bicyclic) bond motifs is 1. The van der Waals surface area contributed by atoms with Gasteiger partial charge < -0.3 is 20.5 Å². The monoisotopic (exact) mass is 236 g/mol. The number of nitrogens with one attached hydrogen (secondary N) is 1. The summed E-state index contributed by atoms with van der Waals surface area (Å²) in [6.07, 6.45) is 0.774. The van der Waals surface area contributed by atoms with E-state index in [0.717, 1.165) is 6.42 Å². The van der Waals surface area contributed by atoms with Crippen molar-refractivity contribution in [3.05, 3.63) is 23.8 Å². The van der Waals surface area contributed by atoms with Crippen molar-refractivity contribution in [2.75, 3.05) is 26.3 Å². The van der Waals surface area contributed by atoms with Gasteiger partial charge in [0, 0.05) is 0 Å². The van der Waals surface area contributed by atoms with E-state index in [1.54, 1.807) is 18.2 Å². The average molecular weight is 236 g/mol. The second-order valence-corrected chi connectivity index (χ2v) is 3.73. The predicted molar refractivity (Wildman–Crippen MR) is 63.4 cm³/mol. The highest BCUT2D eigenvalue weighted by atomic mass is 16.5. The van der Waals surface area contributed by atoms with Crippen LogP contribution in [0, 0.1) is 0 Å². The van der Waals surface area contributed by atoms with Crippen molar-refractivity contribution in [3.63, 3.8) is 0 Å². The maximum absolute atomic E-state index is 11.7. The topological polar surface area (TPSA) is 73.6 Å². The van der Waals surface area contributed by atoms with Crippen LogP contribution in [0.2, 0.25) is 0 Å². The lowest BCUT2D eigenvalue weighted by atomic mass is 10.1. The molecule has 0 atom stereocenters. The highest BCUT2D eigenvalue weighted by Crippen LogP contribution is 2.32. The summed E-state index contributed by atoms with van der Waals surface area (Å²) in [6, 6.07) is 5.31. The Morgan fingerprint density at radius 2 is 2.35 bits per heavy atom. The van der Waals surface area contributed by atoms with Gasteiger partial charge in [-0.25, -0.2) is 0 Å². The van der Waals surface area contributed by atoms with Gasteiger partial charge in [0.1, 0.15) is 6.61 Å². The van der Waals surface area contributed by atoms with E-state index in [-0.39, 0.29) is 5.91 Å². The van der Waals surface area contributed by atoms with Crippen LogP contribution in [0.4, 0.5) is 0 Å². The molecule has 0 aromatic heterocycles. The molecule has 92 valence electrons. The van der Waals surface area contributed by atoms with Gasteiger partial charge in [0.25, 0.3) is 5.91 Å². The van der Waals surface area contributed by atoms with Crippen molar-refractivity contribution in [1.82, 2.24) is 5.32 Å². The fraction of sp³-hybridized carbons (Fsp3) is 0.417. The van der Waals surface area contributed by atoms with Crippen LogP contribution >= 0.6 is 0 Å². The minimum Gasteiger partial charge on any atom is -0.490 e. The zero-order valence-electron chi connectivity index (χ0n) is 9.57. The lowest BCUT2D eigenvalue weighted by Gasteiger charge is -2.12. The first-order valence-corrected chi connectivity index (χ1v) is 5.70. The molecule has 1 heterocycles. The number of carbonyl (C=O) groups excluding carboxylic acids is 1. The first kappa shape index (κ1) is 11.7. The maximum atomic E-state index is 11.7. The number of nitrogens with two attached hydrogens (primary N) is 1. The van der Waals surface area contributed by atoms with E-state index in [1.807, 2.05) is 0 Å². The highest BCUT2D eigenvalue weighted by molar-refractivity contribution is 5.98. The van der Waals surface area contributed by atoms with E-state index >= 15 is 0 Å². The Morgan fingerprint density at radius 3 is 3.18 bits per heavy atom. The van der Waals surface area contributed by atoms with Crippen molar-refractivity contribution < 1.29 is 14.3 Å². The highest BCUT2D eigenvalue weighted by Gasteiger charge is 2.19. The number of hydrogen-bond donors (Lipinski definition) is 2. The number of rotatable bonds is 4. The fourth-order valence-corrected chi connectivity index (χ4v) is 1.64. The maximum Gasteiger partial charge on any atom is 0.255 e. The molecule has 0 spiro atoms. The summed E-state index contributed by atoms with van der Waals surface area (Å²) >= 11 is 0. The molecule has 17 heavy (non-hydrogen) atoms. The molecule has 0 saturated carbocycles. The van der Waals surface area contributed by atoms with E-state index in [9.17, 15) is 4.79 Å². The number of benzene rings is 1. The minimum absolute atomic E-state index is 0.123. The van der Waals surface area contributed by atoms with Crippen LogP contribution in [0.25, 0.3) is 0 Å². The summed E-state index contributed by atoms with van der Waals surface area (Å²) in [7, 11) is 0. The van der Waals surface area contributed by atoms with E-state index < -0.39 is 0 Å². The largest absolute Gasteiger partial charge is 0.490 e. The number of hydrogen-bond acceptors (Lipinski definition) is 4. The third-order valence-electron chi connectivity index (χ3n) is 2.46. The minimum atomic E-state index is -0.123. The molecule has 1 amide bonds. The van der Waals surface area contributed by atoms with Crippen LogP contribution in [0.1, 0.15) is 16.8 Å². The molecule has 1 aliphatic heterocycles. The molecule has 2 rings (SSSR count). The molecule has 1 aliphatic rings. The Morgan fingerprint density at radius 1 is 1.47 bits per heavy atom. The Bertz CT molecular complexity index is 407. The van der Waals surface area contributed by atoms with Gasteiger partial charge in [-0.2, -0.15) is 0 Å². The number of amides is 1. The number of carbonyl (C=O) groups is 1. The van der Waals surface area contributed by atoms with Crippen molar-refractivity contribution in [1.29, 1.82) is 0 Å². The molecule has 1 aromatic rings. The molecular formula is C12H16N2O3. The summed E-state index contributed by atoms with van der Waals surface area (Å²) in [6.45, 7) is 2.07. The average Bonchev–Trinajstić information content (AvgIpc) is 2.53. The van der Waals surface area contributed by atoms with Crippen LogP contribution in [-0.2, 0) is 0 Å². The molecule has 5 nitrogen and oxygen atoms in total. The molecule has 0 fully saturated rings. The van der Waals surface area contributed by atoms with Gasteiger partial charge in [0.2, 0.25) is 0 Å². The van der Waals surface area contributed by atoms with Crippen LogP contribution in [0.3, 0.4) is 0 Å². The molecule has 0 unspecified atom stereocenters. The van der Waals surface area contributed by atoms with Gasteiger partial charge >= 0.3 is 0 Å². The Kier molecular flexibility index (Phi) is 3.82. The SMILES string of the molecule is NCCCOc1cccc2c1OCCNC2=O. The molecule has 1 aromatic carbocycles. The van der Waals surface area contributed by atoms with Gasteiger partial charge in [0.05, 0.1) is 18.7 Å². The van der Waals surface area contributed by atoms with Crippen LogP contribution < -0.4 is 20.5 Å². The summed E-state index contributed by atoms with van der Waals surface area (Å²) in [5, 5.41) is 2.76. The number of para-hydroxylation sites is 1. The van der Waals surface area contributed by atoms with E-state index in [2.05, 4.69) is 5.32 Å². The molecule has 0 saturated heterocycles. The third kappa shape index (κ3) is 2.68. The van der Waals surface area contributed by atoms with E-state index in [0.29, 0.717) is 43.4 Å². The summed E-state index contributed by atoms with van der Waals surface area (Å²) in [4.78, 5) is 11.7. The van der Waals surface area contributed by atoms with Crippen LogP contribution in [0.5, 0.6) is 11.5 Å². The van der Waals surface area contributed by atoms with E-state index in [1.165, 1.54) is 0 Å². The zero-order valence-corrected chi connectivity index (χ0v) is 9.57. The smallest absolute Gasteiger partial charge is 0.255 e. The molecular weight excluding hydrogens is 220 g/mol. The Labute approximate surface area is 99.9 Å². The van der Waals surface area contributed by atoms with Gasteiger partial charge in [-0.3, -0.25) is 4.79 Å². The summed E-state index contributed by atoms with van der Waals surface area (Å²) in [5.74, 6) is 1.01. The van der Waals surface area contributed by atoms with Gasteiger partial charge in [-0.1, -0.05) is 6.07 Å². The van der Waals surface area contributed by atoms with Crippen LogP contribution in [-0.4, -0.2) is 32.2 Å². The predicted octanol–water partition coefficient (Wildman–Crippen LogP) is 0.536. The molecule has 0 aliphatic carbocycles. The Balaban J connectivity index is 2.22. The summed E-state index contributed by atoms with van der Waals surface area (Å²) in [5.41, 5.74) is 5.92. The summed E-state index contributed by atoms with van der Waals surface area (Å²) < 4.78 is 11.1. The molecule has 0 bridgehead atoms. The fourth-order valence-electron chi connectivity index (χ4n) is 1.64. The second-order valence-electron chi connectivity index (χ2n) is 3.73. The van der Waals surface area contributed by atoms with Gasteiger partial charge in [-0.15, -0.1) is 0 Å². The molecule has 5 heteroatoms. The van der Waals surface area contributed by atoms with Crippen molar-refractivity contribution in [2.24, 2.45) is 5.73 Å². The standard InChI is InChI=1S/C12H16N2O3/c13-5-2-7-16-10-4-1-3-9-11(10)17-8-6-14-12(9)15/h1,3-4H,2,5-8,13H2,(H,14,15). The van der Waals surface area contributed by atoms with Crippen molar-refractivity contribution >= 4 is 5.91 Å². The first-order chi connectivity index (χ1) is 8.33. The quantitative estimate of drug-likeness (QED) is 0.748. The molecule has 3 N–H and O–H groups in total. The van der Waals surface area contributed by atoms with Gasteiger partial charge in [-0.05, 0) is 25.1 Å². The van der Waals surface area contributed by atoms with Gasteiger partial charge in [0.15, 0.2) is 11.5 Å². The van der Waals surface area contributed by atoms with Crippen molar-refractivity contribution in [2.45, 2.75) is 6.42 Å². The third-order valence-corrected chi connectivity index (χ3v) is 2.46. The van der Waals surface area contributed by atoms with Crippen LogP contribution in [0.15, 0.2) is 18.2 Å². The van der Waals surface area contributed by atoms with E-state index in [4.69, 9.17) is 15.2 Å².